The van der Waals surface area contributed by atoms with Crippen molar-refractivity contribution in [3.8, 4) is 0 Å². The molecule has 1 saturated heterocycles. The summed E-state index contributed by atoms with van der Waals surface area (Å²) < 4.78 is 5.65. The average Bonchev–Trinajstić information content (AvgIpc) is 2.52. The maximum absolute atomic E-state index is 11.2. The highest BCUT2D eigenvalue weighted by Gasteiger charge is 2.27. The van der Waals surface area contributed by atoms with E-state index >= 15 is 0 Å². The number of likely N-dealkylation sites (tertiary alicyclic amines) is 1. The maximum atomic E-state index is 11.2. The molecular weight excluding hydrogens is 290 g/mol. The number of carbonyl (C=O) groups is 1. The third kappa shape index (κ3) is 5.09. The lowest BCUT2D eigenvalue weighted by Crippen LogP contribution is -2.35. The van der Waals surface area contributed by atoms with Gasteiger partial charge in [0.15, 0.2) is 5.17 Å². The molecule has 0 spiro atoms. The fourth-order valence-corrected chi connectivity index (χ4v) is 2.94. The van der Waals surface area contributed by atoms with Gasteiger partial charge in [-0.25, -0.2) is 4.99 Å². The number of thioether (sulfide) groups is 1. The van der Waals surface area contributed by atoms with Gasteiger partial charge in [0.1, 0.15) is 5.92 Å². The first-order valence-corrected chi connectivity index (χ1v) is 8.62. The Hall–Kier alpha value is -0.920. The number of aliphatic imine (C=N–C) groups is 2. The normalized spacial score (nSPS) is 23.6. The van der Waals surface area contributed by atoms with Crippen LogP contribution in [0.15, 0.2) is 9.98 Å². The molecule has 0 amide bonds. The molecule has 0 aromatic carbocycles. The number of hydrogen-bond donors (Lipinski definition) is 1. The second kappa shape index (κ2) is 8.51. The topological polar surface area (TPSA) is 74.5 Å². The van der Waals surface area contributed by atoms with Crippen LogP contribution >= 0.6 is 11.8 Å². The molecule has 0 radical (unpaired) electrons. The first-order chi connectivity index (χ1) is 10.2. The van der Waals surface area contributed by atoms with Gasteiger partial charge in [-0.3, -0.25) is 9.79 Å². The van der Waals surface area contributed by atoms with E-state index in [0.29, 0.717) is 17.5 Å². The number of rotatable bonds is 6. The Bertz CT molecular complexity index is 420. The zero-order chi connectivity index (χ0) is 15.1. The number of ether oxygens (including phenoxy) is 1. The van der Waals surface area contributed by atoms with Gasteiger partial charge in [-0.1, -0.05) is 18.2 Å². The van der Waals surface area contributed by atoms with Crippen molar-refractivity contribution in [1.82, 2.24) is 4.90 Å². The van der Waals surface area contributed by atoms with E-state index in [2.05, 4.69) is 14.9 Å². The monoisotopic (exact) mass is 313 g/mol. The Morgan fingerprint density at radius 3 is 2.86 bits per heavy atom. The van der Waals surface area contributed by atoms with E-state index in [9.17, 15) is 9.90 Å². The van der Waals surface area contributed by atoms with Gasteiger partial charge in [0.2, 0.25) is 0 Å². The van der Waals surface area contributed by atoms with E-state index in [1.165, 1.54) is 31.0 Å². The van der Waals surface area contributed by atoms with Crippen LogP contribution in [0.2, 0.25) is 0 Å². The summed E-state index contributed by atoms with van der Waals surface area (Å²) in [5, 5.41) is 9.85. The molecule has 0 aromatic heterocycles. The van der Waals surface area contributed by atoms with Crippen LogP contribution in [0.4, 0.5) is 0 Å². The minimum Gasteiger partial charge on any atom is -0.481 e. The highest BCUT2D eigenvalue weighted by Crippen LogP contribution is 2.14. The smallest absolute Gasteiger partial charge is 0.314 e. The molecule has 1 N–H and O–H groups in total. The lowest BCUT2D eigenvalue weighted by atomic mass is 10.0. The molecule has 2 aliphatic heterocycles. The van der Waals surface area contributed by atoms with Crippen LogP contribution in [0.5, 0.6) is 0 Å². The minimum atomic E-state index is -0.878. The van der Waals surface area contributed by atoms with Crippen LogP contribution < -0.4 is 0 Å². The van der Waals surface area contributed by atoms with Gasteiger partial charge in [-0.05, 0) is 32.2 Å². The predicted octanol–water partition coefficient (Wildman–Crippen LogP) is 1.36. The number of nitrogens with zero attached hydrogens (tertiary/aromatic N) is 3. The van der Waals surface area contributed by atoms with E-state index in [1.54, 1.807) is 0 Å². The zero-order valence-corrected chi connectivity index (χ0v) is 13.3. The summed E-state index contributed by atoms with van der Waals surface area (Å²) in [5.41, 5.74) is 0.584. The fraction of sp³-hybridized carbons (Fsp3) is 0.786. The number of carboxylic acid groups (broad SMARTS) is 1. The predicted molar refractivity (Wildman–Crippen MR) is 85.5 cm³/mol. The molecule has 0 bridgehead atoms. The van der Waals surface area contributed by atoms with Gasteiger partial charge in [0, 0.05) is 6.54 Å². The summed E-state index contributed by atoms with van der Waals surface area (Å²) in [6, 6.07) is 0. The second-order valence-electron chi connectivity index (χ2n) is 5.28. The Morgan fingerprint density at radius 1 is 1.43 bits per heavy atom. The summed E-state index contributed by atoms with van der Waals surface area (Å²) in [5.74, 6) is -1.52. The summed E-state index contributed by atoms with van der Waals surface area (Å²) in [4.78, 5) is 22.1. The van der Waals surface area contributed by atoms with Crippen molar-refractivity contribution in [3.05, 3.63) is 0 Å². The van der Waals surface area contributed by atoms with Crippen molar-refractivity contribution in [2.45, 2.75) is 19.3 Å². The van der Waals surface area contributed by atoms with Crippen LogP contribution in [-0.2, 0) is 9.53 Å². The molecule has 0 aromatic rings. The summed E-state index contributed by atoms with van der Waals surface area (Å²) in [7, 11) is 0. The minimum absolute atomic E-state index is 0.264. The van der Waals surface area contributed by atoms with Gasteiger partial charge >= 0.3 is 5.97 Å². The lowest BCUT2D eigenvalue weighted by molar-refractivity contribution is -0.139. The molecule has 118 valence electrons. The Labute approximate surface area is 129 Å². The number of aliphatic carboxylic acids is 1. The summed E-state index contributed by atoms with van der Waals surface area (Å²) >= 11 is 1.43. The summed E-state index contributed by atoms with van der Waals surface area (Å²) in [6.45, 7) is 4.37. The van der Waals surface area contributed by atoms with Crippen molar-refractivity contribution >= 4 is 28.6 Å². The third-order valence-corrected chi connectivity index (χ3v) is 4.37. The Balaban J connectivity index is 1.77. The van der Waals surface area contributed by atoms with E-state index in [-0.39, 0.29) is 13.2 Å². The highest BCUT2D eigenvalue weighted by atomic mass is 32.2. The lowest BCUT2D eigenvalue weighted by Gasteiger charge is -2.26. The SMILES string of the molecule is CSC1=NCC(C(=O)O)C(COCCN2CCCCC2)=N1. The summed E-state index contributed by atoms with van der Waals surface area (Å²) in [6.07, 6.45) is 5.74. The standard InChI is InChI=1S/C14H23N3O3S/c1-21-14-15-9-11(13(18)19)12(16-14)10-20-8-7-17-5-3-2-4-6-17/h11H,2-10H2,1H3,(H,18,19). The van der Waals surface area contributed by atoms with E-state index in [0.717, 1.165) is 19.6 Å². The Morgan fingerprint density at radius 2 is 2.19 bits per heavy atom. The molecule has 2 heterocycles. The van der Waals surface area contributed by atoms with Crippen molar-refractivity contribution in [2.75, 3.05) is 45.6 Å². The first-order valence-electron chi connectivity index (χ1n) is 7.39. The first kappa shape index (κ1) is 16.5. The van der Waals surface area contributed by atoms with Crippen LogP contribution in [0.1, 0.15) is 19.3 Å². The van der Waals surface area contributed by atoms with Crippen molar-refractivity contribution in [3.63, 3.8) is 0 Å². The Kier molecular flexibility index (Phi) is 6.66. The molecule has 0 aliphatic carbocycles. The van der Waals surface area contributed by atoms with Gasteiger partial charge in [0.05, 0.1) is 25.5 Å². The van der Waals surface area contributed by atoms with Crippen molar-refractivity contribution < 1.29 is 14.6 Å². The van der Waals surface area contributed by atoms with E-state index in [1.807, 2.05) is 6.26 Å². The molecule has 2 aliphatic rings. The molecular formula is C14H23N3O3S. The van der Waals surface area contributed by atoms with Gasteiger partial charge in [-0.2, -0.15) is 0 Å². The van der Waals surface area contributed by atoms with Gasteiger partial charge in [-0.15, -0.1) is 0 Å². The highest BCUT2D eigenvalue weighted by molar-refractivity contribution is 8.13. The van der Waals surface area contributed by atoms with Crippen molar-refractivity contribution in [2.24, 2.45) is 15.9 Å². The largest absolute Gasteiger partial charge is 0.481 e. The number of amidine groups is 1. The van der Waals surface area contributed by atoms with Crippen LogP contribution in [-0.4, -0.2) is 72.5 Å². The van der Waals surface area contributed by atoms with Crippen molar-refractivity contribution in [1.29, 1.82) is 0 Å². The number of piperidine rings is 1. The molecule has 21 heavy (non-hydrogen) atoms. The molecule has 7 heteroatoms. The van der Waals surface area contributed by atoms with E-state index in [4.69, 9.17) is 4.74 Å². The maximum Gasteiger partial charge on any atom is 0.314 e. The fourth-order valence-electron chi connectivity index (χ4n) is 2.53. The molecule has 0 saturated carbocycles. The average molecular weight is 313 g/mol. The zero-order valence-electron chi connectivity index (χ0n) is 12.5. The third-order valence-electron chi connectivity index (χ3n) is 3.78. The quantitative estimate of drug-likeness (QED) is 0.750. The van der Waals surface area contributed by atoms with E-state index < -0.39 is 11.9 Å². The van der Waals surface area contributed by atoms with Crippen LogP contribution in [0, 0.1) is 5.92 Å². The number of hydrogen-bond acceptors (Lipinski definition) is 6. The number of carboxylic acids is 1. The molecule has 1 atom stereocenters. The molecule has 6 nitrogen and oxygen atoms in total. The van der Waals surface area contributed by atoms with Crippen LogP contribution in [0.3, 0.4) is 0 Å². The second-order valence-corrected chi connectivity index (χ2v) is 6.05. The molecule has 1 fully saturated rings. The molecule has 2 rings (SSSR count). The molecule has 1 unspecified atom stereocenters. The van der Waals surface area contributed by atoms with Crippen LogP contribution in [0.25, 0.3) is 0 Å². The van der Waals surface area contributed by atoms with Gasteiger partial charge < -0.3 is 14.7 Å². The van der Waals surface area contributed by atoms with Gasteiger partial charge in [0.25, 0.3) is 0 Å².